The van der Waals surface area contributed by atoms with Crippen molar-refractivity contribution in [2.24, 2.45) is 0 Å². The van der Waals surface area contributed by atoms with Gasteiger partial charge in [0.25, 0.3) is 5.91 Å². The van der Waals surface area contributed by atoms with Gasteiger partial charge in [-0.15, -0.1) is 0 Å². The van der Waals surface area contributed by atoms with Crippen molar-refractivity contribution in [3.63, 3.8) is 0 Å². The standard InChI is InChI=1S/C20H19N5O3/c1-11(18-22-12(2)24-25-18)21-19(26)13-7-8-16-17(10-13)28-20(23-16)14-5-4-6-15(9-14)27-3/h4-11H,1-3H3,(H,21,26)(H,22,24,25). The van der Waals surface area contributed by atoms with E-state index in [1.54, 1.807) is 25.3 Å². The van der Waals surface area contributed by atoms with Crippen LogP contribution in [0.1, 0.15) is 35.0 Å². The van der Waals surface area contributed by atoms with Gasteiger partial charge in [-0.05, 0) is 50.2 Å². The molecule has 2 aromatic heterocycles. The number of aromatic amines is 1. The molecule has 0 bridgehead atoms. The van der Waals surface area contributed by atoms with Crippen molar-refractivity contribution in [1.29, 1.82) is 0 Å². The van der Waals surface area contributed by atoms with E-state index >= 15 is 0 Å². The maximum absolute atomic E-state index is 12.6. The summed E-state index contributed by atoms with van der Waals surface area (Å²) in [6.45, 7) is 3.64. The van der Waals surface area contributed by atoms with E-state index in [0.717, 1.165) is 11.3 Å². The van der Waals surface area contributed by atoms with Crippen LogP contribution >= 0.6 is 0 Å². The Balaban J connectivity index is 1.58. The van der Waals surface area contributed by atoms with Crippen molar-refractivity contribution in [3.05, 3.63) is 59.7 Å². The number of methoxy groups -OCH3 is 1. The molecule has 0 aliphatic rings. The first-order chi connectivity index (χ1) is 13.5. The first-order valence-electron chi connectivity index (χ1n) is 8.78. The van der Waals surface area contributed by atoms with Gasteiger partial charge in [-0.3, -0.25) is 9.89 Å². The summed E-state index contributed by atoms with van der Waals surface area (Å²) >= 11 is 0. The minimum Gasteiger partial charge on any atom is -0.497 e. The molecule has 1 unspecified atom stereocenters. The molecule has 4 aromatic rings. The highest BCUT2D eigenvalue weighted by Gasteiger charge is 2.17. The average molecular weight is 377 g/mol. The van der Waals surface area contributed by atoms with Crippen LogP contribution in [0, 0.1) is 6.92 Å². The van der Waals surface area contributed by atoms with Crippen LogP contribution in [0.4, 0.5) is 0 Å². The van der Waals surface area contributed by atoms with Crippen LogP contribution in [-0.4, -0.2) is 33.2 Å². The van der Waals surface area contributed by atoms with Gasteiger partial charge in [-0.2, -0.15) is 5.10 Å². The number of ether oxygens (including phenoxy) is 1. The Labute approximate surface area is 161 Å². The molecule has 0 radical (unpaired) electrons. The lowest BCUT2D eigenvalue weighted by molar-refractivity contribution is 0.0938. The number of hydrogen-bond donors (Lipinski definition) is 2. The number of carbonyl (C=O) groups excluding carboxylic acids is 1. The molecule has 0 fully saturated rings. The van der Waals surface area contributed by atoms with E-state index in [1.165, 1.54) is 0 Å². The second kappa shape index (κ2) is 7.15. The summed E-state index contributed by atoms with van der Waals surface area (Å²) < 4.78 is 11.1. The Bertz CT molecular complexity index is 1150. The smallest absolute Gasteiger partial charge is 0.251 e. The molecule has 0 saturated heterocycles. The number of nitrogens with zero attached hydrogens (tertiary/aromatic N) is 3. The van der Waals surface area contributed by atoms with E-state index < -0.39 is 0 Å². The average Bonchev–Trinajstić information content (AvgIpc) is 3.33. The molecular weight excluding hydrogens is 358 g/mol. The van der Waals surface area contributed by atoms with Crippen molar-refractivity contribution in [2.75, 3.05) is 7.11 Å². The second-order valence-corrected chi connectivity index (χ2v) is 6.41. The summed E-state index contributed by atoms with van der Waals surface area (Å²) in [6, 6.07) is 12.3. The van der Waals surface area contributed by atoms with E-state index in [4.69, 9.17) is 9.15 Å². The second-order valence-electron chi connectivity index (χ2n) is 6.41. The number of carbonyl (C=O) groups is 1. The summed E-state index contributed by atoms with van der Waals surface area (Å²) in [5.41, 5.74) is 2.48. The zero-order valence-corrected chi connectivity index (χ0v) is 15.7. The van der Waals surface area contributed by atoms with Gasteiger partial charge in [0.1, 0.15) is 17.1 Å². The quantitative estimate of drug-likeness (QED) is 0.552. The highest BCUT2D eigenvalue weighted by molar-refractivity contribution is 5.97. The largest absolute Gasteiger partial charge is 0.497 e. The molecule has 2 heterocycles. The van der Waals surface area contributed by atoms with Gasteiger partial charge in [0, 0.05) is 11.1 Å². The van der Waals surface area contributed by atoms with Crippen LogP contribution in [0.3, 0.4) is 0 Å². The van der Waals surface area contributed by atoms with E-state index in [1.807, 2.05) is 38.1 Å². The highest BCUT2D eigenvalue weighted by atomic mass is 16.5. The normalized spacial score (nSPS) is 12.1. The van der Waals surface area contributed by atoms with E-state index in [-0.39, 0.29) is 11.9 Å². The molecule has 8 heteroatoms. The zero-order valence-electron chi connectivity index (χ0n) is 15.7. The maximum Gasteiger partial charge on any atom is 0.251 e. The van der Waals surface area contributed by atoms with Crippen LogP contribution in [-0.2, 0) is 0 Å². The Morgan fingerprint density at radius 1 is 1.21 bits per heavy atom. The number of benzene rings is 2. The number of fused-ring (bicyclic) bond motifs is 1. The topological polar surface area (TPSA) is 106 Å². The summed E-state index contributed by atoms with van der Waals surface area (Å²) in [5.74, 6) is 2.18. The fourth-order valence-corrected chi connectivity index (χ4v) is 2.84. The van der Waals surface area contributed by atoms with E-state index in [9.17, 15) is 4.79 Å². The van der Waals surface area contributed by atoms with Crippen molar-refractivity contribution in [1.82, 2.24) is 25.5 Å². The number of aryl methyl sites for hydroxylation is 1. The summed E-state index contributed by atoms with van der Waals surface area (Å²) in [7, 11) is 1.61. The van der Waals surface area contributed by atoms with Crippen LogP contribution < -0.4 is 10.1 Å². The van der Waals surface area contributed by atoms with Gasteiger partial charge in [0.15, 0.2) is 11.4 Å². The molecule has 0 spiro atoms. The minimum absolute atomic E-state index is 0.240. The molecule has 4 rings (SSSR count). The number of H-pyrrole nitrogens is 1. The molecule has 1 atom stereocenters. The lowest BCUT2D eigenvalue weighted by Crippen LogP contribution is -2.27. The van der Waals surface area contributed by atoms with Gasteiger partial charge in [0.2, 0.25) is 5.89 Å². The molecule has 1 amide bonds. The Morgan fingerprint density at radius 2 is 2.07 bits per heavy atom. The van der Waals surface area contributed by atoms with E-state index in [2.05, 4.69) is 25.5 Å². The van der Waals surface area contributed by atoms with Gasteiger partial charge < -0.3 is 14.5 Å². The number of hydrogen-bond acceptors (Lipinski definition) is 6. The molecule has 2 aromatic carbocycles. The van der Waals surface area contributed by atoms with Crippen LogP contribution in [0.15, 0.2) is 46.9 Å². The molecular formula is C20H19N5O3. The van der Waals surface area contributed by atoms with Crippen molar-refractivity contribution in [3.8, 4) is 17.2 Å². The van der Waals surface area contributed by atoms with Gasteiger partial charge in [-0.1, -0.05) is 6.07 Å². The molecule has 2 N–H and O–H groups in total. The van der Waals surface area contributed by atoms with Crippen molar-refractivity contribution >= 4 is 17.0 Å². The summed E-state index contributed by atoms with van der Waals surface area (Å²) in [5, 5.41) is 9.72. The number of rotatable bonds is 5. The third-order valence-corrected chi connectivity index (χ3v) is 4.32. The number of oxazole rings is 1. The number of nitrogens with one attached hydrogen (secondary N) is 2. The predicted molar refractivity (Wildman–Crippen MR) is 103 cm³/mol. The number of aromatic nitrogens is 4. The predicted octanol–water partition coefficient (Wildman–Crippen LogP) is 3.42. The lowest BCUT2D eigenvalue weighted by atomic mass is 10.2. The summed E-state index contributed by atoms with van der Waals surface area (Å²) in [6.07, 6.45) is 0. The van der Waals surface area contributed by atoms with Crippen LogP contribution in [0.5, 0.6) is 5.75 Å². The molecule has 0 aliphatic heterocycles. The monoisotopic (exact) mass is 377 g/mol. The van der Waals surface area contributed by atoms with Crippen molar-refractivity contribution < 1.29 is 13.9 Å². The lowest BCUT2D eigenvalue weighted by Gasteiger charge is -2.10. The van der Waals surface area contributed by atoms with Gasteiger partial charge in [-0.25, -0.2) is 9.97 Å². The van der Waals surface area contributed by atoms with E-state index in [0.29, 0.717) is 34.2 Å². The molecule has 0 saturated carbocycles. The Hall–Kier alpha value is -3.68. The fourth-order valence-electron chi connectivity index (χ4n) is 2.84. The first-order valence-corrected chi connectivity index (χ1v) is 8.78. The highest BCUT2D eigenvalue weighted by Crippen LogP contribution is 2.27. The molecule has 142 valence electrons. The Morgan fingerprint density at radius 3 is 2.82 bits per heavy atom. The minimum atomic E-state index is -0.324. The van der Waals surface area contributed by atoms with Gasteiger partial charge in [0.05, 0.1) is 13.2 Å². The van der Waals surface area contributed by atoms with Crippen molar-refractivity contribution in [2.45, 2.75) is 19.9 Å². The molecule has 8 nitrogen and oxygen atoms in total. The van der Waals surface area contributed by atoms with Crippen LogP contribution in [0.2, 0.25) is 0 Å². The third-order valence-electron chi connectivity index (χ3n) is 4.32. The number of amides is 1. The SMILES string of the molecule is COc1cccc(-c2nc3ccc(C(=O)NC(C)c4n[nH]c(C)n4)cc3o2)c1. The van der Waals surface area contributed by atoms with Crippen LogP contribution in [0.25, 0.3) is 22.6 Å². The third kappa shape index (κ3) is 3.44. The first kappa shape index (κ1) is 17.7. The van der Waals surface area contributed by atoms with Gasteiger partial charge >= 0.3 is 0 Å². The maximum atomic E-state index is 12.6. The fraction of sp³-hybridized carbons (Fsp3) is 0.200. The summed E-state index contributed by atoms with van der Waals surface area (Å²) in [4.78, 5) is 21.3. The molecule has 0 aliphatic carbocycles. The molecule has 28 heavy (non-hydrogen) atoms. The zero-order chi connectivity index (χ0) is 19.7. The Kier molecular flexibility index (Phi) is 4.52.